The molecular formula is C24H22Cl2N2O4S. The molecule has 2 saturated heterocycles. The summed E-state index contributed by atoms with van der Waals surface area (Å²) in [6.45, 7) is 1.60. The predicted octanol–water partition coefficient (Wildman–Crippen LogP) is 5.62. The molecule has 2 heterocycles. The first-order valence-corrected chi connectivity index (χ1v) is 12.2. The standard InChI is InChI=1S/C24H22Cl2N2O4S/c25-19-5-4-6-20(26)18(19)14-28-23(30)21(33-24(28)31)13-16-7-9-17(10-8-16)32-15-22(29)27-11-2-1-3-12-27/h4-10,13H,1-3,11-12,14-15H2/b21-13-. The van der Waals surface area contributed by atoms with Crippen molar-refractivity contribution >= 4 is 58.1 Å². The van der Waals surface area contributed by atoms with Crippen LogP contribution in [-0.4, -0.2) is 46.5 Å². The Balaban J connectivity index is 1.38. The van der Waals surface area contributed by atoms with E-state index in [2.05, 4.69) is 0 Å². The minimum Gasteiger partial charge on any atom is -0.484 e. The zero-order valence-electron chi connectivity index (χ0n) is 17.8. The fourth-order valence-corrected chi connectivity index (χ4v) is 5.02. The number of hydrogen-bond donors (Lipinski definition) is 0. The van der Waals surface area contributed by atoms with Gasteiger partial charge in [-0.15, -0.1) is 0 Å². The molecule has 0 spiro atoms. The van der Waals surface area contributed by atoms with Crippen molar-refractivity contribution in [2.75, 3.05) is 19.7 Å². The highest BCUT2D eigenvalue weighted by molar-refractivity contribution is 8.18. The van der Waals surface area contributed by atoms with Gasteiger partial charge in [0.05, 0.1) is 11.4 Å². The third-order valence-corrected chi connectivity index (χ3v) is 7.12. The van der Waals surface area contributed by atoms with Crippen LogP contribution in [-0.2, 0) is 16.1 Å². The number of carbonyl (C=O) groups excluding carboxylic acids is 3. The van der Waals surface area contributed by atoms with Crippen LogP contribution in [0.4, 0.5) is 4.79 Å². The van der Waals surface area contributed by atoms with Gasteiger partial charge in [0.2, 0.25) is 0 Å². The number of likely N-dealkylation sites (tertiary alicyclic amines) is 1. The molecule has 33 heavy (non-hydrogen) atoms. The fourth-order valence-electron chi connectivity index (χ4n) is 3.67. The van der Waals surface area contributed by atoms with Gasteiger partial charge in [0.25, 0.3) is 17.1 Å². The largest absolute Gasteiger partial charge is 0.484 e. The lowest BCUT2D eigenvalue weighted by Crippen LogP contribution is -2.38. The van der Waals surface area contributed by atoms with Crippen molar-refractivity contribution in [2.24, 2.45) is 0 Å². The second-order valence-corrected chi connectivity index (χ2v) is 9.57. The quantitative estimate of drug-likeness (QED) is 0.477. The van der Waals surface area contributed by atoms with E-state index in [9.17, 15) is 14.4 Å². The second kappa shape index (κ2) is 10.6. The molecule has 2 aliphatic rings. The highest BCUT2D eigenvalue weighted by atomic mass is 35.5. The number of carbonyl (C=O) groups is 3. The molecule has 0 radical (unpaired) electrons. The Morgan fingerprint density at radius 1 is 1.00 bits per heavy atom. The van der Waals surface area contributed by atoms with Crippen molar-refractivity contribution in [2.45, 2.75) is 25.8 Å². The van der Waals surface area contributed by atoms with Crippen LogP contribution in [0.3, 0.4) is 0 Å². The summed E-state index contributed by atoms with van der Waals surface area (Å²) in [5, 5.41) is 0.429. The lowest BCUT2D eigenvalue weighted by atomic mass is 10.1. The molecule has 9 heteroatoms. The van der Waals surface area contributed by atoms with Gasteiger partial charge in [-0.2, -0.15) is 0 Å². The van der Waals surface area contributed by atoms with Gasteiger partial charge in [-0.1, -0.05) is 41.4 Å². The maximum atomic E-state index is 12.8. The summed E-state index contributed by atoms with van der Waals surface area (Å²) in [5.74, 6) is 0.165. The van der Waals surface area contributed by atoms with Gasteiger partial charge in [-0.05, 0) is 66.9 Å². The Morgan fingerprint density at radius 3 is 2.33 bits per heavy atom. The summed E-state index contributed by atoms with van der Waals surface area (Å²) in [4.78, 5) is 40.8. The molecule has 2 fully saturated rings. The minimum atomic E-state index is -0.395. The third-order valence-electron chi connectivity index (χ3n) is 5.50. The number of rotatable bonds is 6. The highest BCUT2D eigenvalue weighted by Gasteiger charge is 2.35. The molecule has 0 bridgehead atoms. The first kappa shape index (κ1) is 23.7. The van der Waals surface area contributed by atoms with Crippen LogP contribution in [0.25, 0.3) is 6.08 Å². The lowest BCUT2D eigenvalue weighted by molar-refractivity contribution is -0.134. The summed E-state index contributed by atoms with van der Waals surface area (Å²) in [7, 11) is 0. The Labute approximate surface area is 206 Å². The topological polar surface area (TPSA) is 66.9 Å². The highest BCUT2D eigenvalue weighted by Crippen LogP contribution is 2.35. The Hall–Kier alpha value is -2.48. The maximum absolute atomic E-state index is 12.8. The van der Waals surface area contributed by atoms with E-state index >= 15 is 0 Å². The van der Waals surface area contributed by atoms with Crippen molar-refractivity contribution in [3.63, 3.8) is 0 Å². The number of hydrogen-bond acceptors (Lipinski definition) is 5. The van der Waals surface area contributed by atoms with Gasteiger partial charge >= 0.3 is 0 Å². The number of benzene rings is 2. The molecule has 0 aliphatic carbocycles. The third kappa shape index (κ3) is 5.72. The number of ether oxygens (including phenoxy) is 1. The zero-order valence-corrected chi connectivity index (χ0v) is 20.1. The number of thioether (sulfide) groups is 1. The van der Waals surface area contributed by atoms with Crippen LogP contribution in [0.2, 0.25) is 10.0 Å². The summed E-state index contributed by atoms with van der Waals surface area (Å²) < 4.78 is 5.62. The molecule has 172 valence electrons. The van der Waals surface area contributed by atoms with Crippen molar-refractivity contribution in [3.8, 4) is 5.75 Å². The van der Waals surface area contributed by atoms with Crippen LogP contribution < -0.4 is 4.74 Å². The summed E-state index contributed by atoms with van der Waals surface area (Å²) in [6.07, 6.45) is 4.90. The number of halogens is 2. The average Bonchev–Trinajstić information content (AvgIpc) is 3.08. The van der Waals surface area contributed by atoms with Gasteiger partial charge in [0.15, 0.2) is 6.61 Å². The Morgan fingerprint density at radius 2 is 1.67 bits per heavy atom. The maximum Gasteiger partial charge on any atom is 0.293 e. The second-order valence-electron chi connectivity index (χ2n) is 7.77. The number of amides is 3. The Kier molecular flexibility index (Phi) is 7.63. The molecule has 0 atom stereocenters. The first-order chi connectivity index (χ1) is 15.9. The van der Waals surface area contributed by atoms with Gasteiger partial charge in [-0.3, -0.25) is 19.3 Å². The van der Waals surface area contributed by atoms with Gasteiger partial charge < -0.3 is 9.64 Å². The molecule has 2 aliphatic heterocycles. The summed E-state index contributed by atoms with van der Waals surface area (Å²) >= 11 is 13.2. The normalized spacial score (nSPS) is 17.7. The molecule has 0 unspecified atom stereocenters. The van der Waals surface area contributed by atoms with Crippen molar-refractivity contribution in [1.82, 2.24) is 9.80 Å². The van der Waals surface area contributed by atoms with Crippen molar-refractivity contribution in [3.05, 3.63) is 68.5 Å². The van der Waals surface area contributed by atoms with Crippen LogP contribution in [0, 0.1) is 0 Å². The smallest absolute Gasteiger partial charge is 0.293 e. The first-order valence-electron chi connectivity index (χ1n) is 10.6. The molecule has 6 nitrogen and oxygen atoms in total. The molecule has 4 rings (SSSR count). The minimum absolute atomic E-state index is 0.00282. The molecule has 2 aromatic rings. The predicted molar refractivity (Wildman–Crippen MR) is 130 cm³/mol. The molecular weight excluding hydrogens is 483 g/mol. The van der Waals surface area contributed by atoms with E-state index in [0.717, 1.165) is 48.2 Å². The van der Waals surface area contributed by atoms with Crippen molar-refractivity contribution < 1.29 is 19.1 Å². The van der Waals surface area contributed by atoms with Crippen LogP contribution in [0.1, 0.15) is 30.4 Å². The SMILES string of the molecule is O=C(COc1ccc(/C=C2\SC(=O)N(Cc3c(Cl)cccc3Cl)C2=O)cc1)N1CCCCC1. The zero-order chi connectivity index (χ0) is 23.4. The molecule has 2 aromatic carbocycles. The molecule has 0 aromatic heterocycles. The summed E-state index contributed by atoms with van der Waals surface area (Å²) in [5.41, 5.74) is 1.27. The van der Waals surface area contributed by atoms with E-state index in [1.54, 1.807) is 48.5 Å². The van der Waals surface area contributed by atoms with Crippen LogP contribution >= 0.6 is 35.0 Å². The van der Waals surface area contributed by atoms with Gasteiger partial charge in [0.1, 0.15) is 5.75 Å². The van der Waals surface area contributed by atoms with E-state index < -0.39 is 5.91 Å². The van der Waals surface area contributed by atoms with E-state index in [1.165, 1.54) is 6.42 Å². The van der Waals surface area contributed by atoms with Gasteiger partial charge in [0, 0.05) is 28.7 Å². The number of imide groups is 1. The van der Waals surface area contributed by atoms with E-state index in [-0.39, 0.29) is 24.3 Å². The monoisotopic (exact) mass is 504 g/mol. The molecule has 0 saturated carbocycles. The average molecular weight is 505 g/mol. The van der Waals surface area contributed by atoms with E-state index in [4.69, 9.17) is 27.9 Å². The van der Waals surface area contributed by atoms with Crippen molar-refractivity contribution in [1.29, 1.82) is 0 Å². The van der Waals surface area contributed by atoms with E-state index in [0.29, 0.717) is 26.3 Å². The lowest BCUT2D eigenvalue weighted by Gasteiger charge is -2.26. The van der Waals surface area contributed by atoms with Crippen LogP contribution in [0.15, 0.2) is 47.4 Å². The van der Waals surface area contributed by atoms with Crippen LogP contribution in [0.5, 0.6) is 5.75 Å². The number of nitrogens with zero attached hydrogens (tertiary/aromatic N) is 2. The van der Waals surface area contributed by atoms with Gasteiger partial charge in [-0.25, -0.2) is 0 Å². The summed E-state index contributed by atoms with van der Waals surface area (Å²) in [6, 6.07) is 12.1. The molecule has 3 amide bonds. The number of piperidine rings is 1. The Bertz CT molecular complexity index is 1080. The fraction of sp³-hybridized carbons (Fsp3) is 0.292. The molecule has 0 N–H and O–H groups in total. The van der Waals surface area contributed by atoms with E-state index in [1.807, 2.05) is 4.90 Å².